The van der Waals surface area contributed by atoms with Crippen LogP contribution in [-0.2, 0) is 4.79 Å². The molecular weight excluding hydrogens is 206 g/mol. The van der Waals surface area contributed by atoms with E-state index in [1.807, 2.05) is 13.0 Å². The zero-order valence-electron chi connectivity index (χ0n) is 10.0. The molecule has 4 heteroatoms. The van der Waals surface area contributed by atoms with Gasteiger partial charge in [0.05, 0.1) is 20.3 Å². The minimum Gasteiger partial charge on any atom is -0.497 e. The summed E-state index contributed by atoms with van der Waals surface area (Å²) in [5.74, 6) is 1.18. The van der Waals surface area contributed by atoms with Crippen LogP contribution in [0, 0.1) is 6.92 Å². The minimum atomic E-state index is -0.652. The summed E-state index contributed by atoms with van der Waals surface area (Å²) in [7, 11) is 3.13. The quantitative estimate of drug-likeness (QED) is 0.842. The Morgan fingerprint density at radius 1 is 1.31 bits per heavy atom. The first kappa shape index (κ1) is 12.5. The molecule has 0 aromatic heterocycles. The van der Waals surface area contributed by atoms with Gasteiger partial charge in [0.2, 0.25) is 0 Å². The van der Waals surface area contributed by atoms with Crippen LogP contribution in [-0.4, -0.2) is 20.0 Å². The van der Waals surface area contributed by atoms with Crippen LogP contribution in [0.2, 0.25) is 0 Å². The smallest absolute Gasteiger partial charge is 0.151 e. The third-order valence-electron chi connectivity index (χ3n) is 2.53. The maximum absolute atomic E-state index is 11.3. The summed E-state index contributed by atoms with van der Waals surface area (Å²) >= 11 is 0. The Morgan fingerprint density at radius 3 is 2.38 bits per heavy atom. The average Bonchev–Trinajstić information content (AvgIpc) is 2.26. The molecule has 0 fully saturated rings. The Labute approximate surface area is 95.3 Å². The maximum atomic E-state index is 11.3. The molecule has 0 aliphatic rings. The number of Topliss-reactive ketones (excluding diaryl/α,β-unsaturated/α-hetero) is 1. The molecule has 0 radical (unpaired) electrons. The number of ketones is 1. The molecule has 1 atom stereocenters. The molecule has 88 valence electrons. The number of methoxy groups -OCH3 is 2. The Balaban J connectivity index is 3.31. The number of ether oxygens (including phenoxy) is 2. The Hall–Kier alpha value is -1.55. The van der Waals surface area contributed by atoms with Crippen molar-refractivity contribution in [3.05, 3.63) is 23.3 Å². The monoisotopic (exact) mass is 223 g/mol. The number of carbonyl (C=O) groups excluding carboxylic acids is 1. The highest BCUT2D eigenvalue weighted by Crippen LogP contribution is 2.32. The van der Waals surface area contributed by atoms with Crippen molar-refractivity contribution in [2.45, 2.75) is 19.9 Å². The first-order valence-electron chi connectivity index (χ1n) is 4.99. The number of rotatable bonds is 4. The highest BCUT2D eigenvalue weighted by Gasteiger charge is 2.19. The summed E-state index contributed by atoms with van der Waals surface area (Å²) in [4.78, 5) is 11.3. The van der Waals surface area contributed by atoms with E-state index in [0.717, 1.165) is 11.1 Å². The number of aryl methyl sites for hydroxylation is 1. The van der Waals surface area contributed by atoms with E-state index in [2.05, 4.69) is 0 Å². The van der Waals surface area contributed by atoms with Crippen LogP contribution >= 0.6 is 0 Å². The Bertz CT molecular complexity index is 401. The van der Waals surface area contributed by atoms with Gasteiger partial charge in [-0.2, -0.15) is 0 Å². The fourth-order valence-corrected chi connectivity index (χ4v) is 1.62. The molecule has 0 bridgehead atoms. The molecule has 1 aromatic rings. The normalized spacial score (nSPS) is 12.1. The Morgan fingerprint density at radius 2 is 1.94 bits per heavy atom. The first-order valence-corrected chi connectivity index (χ1v) is 4.99. The first-order chi connectivity index (χ1) is 7.51. The van der Waals surface area contributed by atoms with Gasteiger partial charge in [0.1, 0.15) is 11.5 Å². The molecule has 4 nitrogen and oxygen atoms in total. The largest absolute Gasteiger partial charge is 0.497 e. The van der Waals surface area contributed by atoms with Crippen molar-refractivity contribution < 1.29 is 14.3 Å². The van der Waals surface area contributed by atoms with Crippen molar-refractivity contribution in [3.63, 3.8) is 0 Å². The molecule has 0 amide bonds. The molecule has 1 rings (SSSR count). The van der Waals surface area contributed by atoms with Gasteiger partial charge in [-0.1, -0.05) is 0 Å². The lowest BCUT2D eigenvalue weighted by Gasteiger charge is -2.17. The summed E-state index contributed by atoms with van der Waals surface area (Å²) in [5, 5.41) is 0. The van der Waals surface area contributed by atoms with Gasteiger partial charge in [0, 0.05) is 11.6 Å². The van der Waals surface area contributed by atoms with Gasteiger partial charge >= 0.3 is 0 Å². The zero-order chi connectivity index (χ0) is 12.3. The second-order valence-corrected chi connectivity index (χ2v) is 3.65. The number of nitrogens with two attached hydrogens (primary N) is 1. The molecular formula is C12H17NO3. The van der Waals surface area contributed by atoms with Crippen molar-refractivity contribution in [3.8, 4) is 11.5 Å². The fraction of sp³-hybridized carbons (Fsp3) is 0.417. The van der Waals surface area contributed by atoms with Crippen molar-refractivity contribution in [1.29, 1.82) is 0 Å². The lowest BCUT2D eigenvalue weighted by Crippen LogP contribution is -2.20. The molecule has 0 spiro atoms. The van der Waals surface area contributed by atoms with E-state index in [-0.39, 0.29) is 5.78 Å². The van der Waals surface area contributed by atoms with E-state index in [4.69, 9.17) is 15.2 Å². The fourth-order valence-electron chi connectivity index (χ4n) is 1.62. The second-order valence-electron chi connectivity index (χ2n) is 3.65. The van der Waals surface area contributed by atoms with Crippen molar-refractivity contribution >= 4 is 5.78 Å². The van der Waals surface area contributed by atoms with Crippen LogP contribution in [0.5, 0.6) is 11.5 Å². The van der Waals surface area contributed by atoms with E-state index >= 15 is 0 Å². The van der Waals surface area contributed by atoms with Crippen molar-refractivity contribution in [2.75, 3.05) is 14.2 Å². The van der Waals surface area contributed by atoms with Crippen LogP contribution in [0.15, 0.2) is 12.1 Å². The number of hydrogen-bond donors (Lipinski definition) is 1. The molecule has 1 unspecified atom stereocenters. The summed E-state index contributed by atoms with van der Waals surface area (Å²) in [6.07, 6.45) is 0. The summed E-state index contributed by atoms with van der Waals surface area (Å²) < 4.78 is 10.4. The zero-order valence-corrected chi connectivity index (χ0v) is 10.0. The van der Waals surface area contributed by atoms with Crippen LogP contribution in [0.3, 0.4) is 0 Å². The standard InChI is InChI=1S/C12H17NO3/c1-7-5-9(15-3)6-10(16-4)11(7)12(13)8(2)14/h5-6,12H,13H2,1-4H3. The van der Waals surface area contributed by atoms with E-state index in [0.29, 0.717) is 11.5 Å². The highest BCUT2D eigenvalue weighted by atomic mass is 16.5. The van der Waals surface area contributed by atoms with E-state index in [1.165, 1.54) is 6.92 Å². The third-order valence-corrected chi connectivity index (χ3v) is 2.53. The second kappa shape index (κ2) is 4.99. The lowest BCUT2D eigenvalue weighted by atomic mass is 9.98. The van der Waals surface area contributed by atoms with Gasteiger partial charge in [-0.25, -0.2) is 0 Å². The van der Waals surface area contributed by atoms with E-state index < -0.39 is 6.04 Å². The topological polar surface area (TPSA) is 61.5 Å². The van der Waals surface area contributed by atoms with Gasteiger partial charge < -0.3 is 15.2 Å². The highest BCUT2D eigenvalue weighted by molar-refractivity contribution is 5.84. The molecule has 0 aliphatic heterocycles. The van der Waals surface area contributed by atoms with Gasteiger partial charge in [0.25, 0.3) is 0 Å². The summed E-state index contributed by atoms with van der Waals surface area (Å²) in [5.41, 5.74) is 7.44. The molecule has 2 N–H and O–H groups in total. The van der Waals surface area contributed by atoms with Gasteiger partial charge in [-0.05, 0) is 25.5 Å². The van der Waals surface area contributed by atoms with E-state index in [9.17, 15) is 4.79 Å². The van der Waals surface area contributed by atoms with Gasteiger partial charge in [0.15, 0.2) is 5.78 Å². The van der Waals surface area contributed by atoms with Crippen LogP contribution in [0.25, 0.3) is 0 Å². The molecule has 1 aromatic carbocycles. The predicted molar refractivity (Wildman–Crippen MR) is 61.9 cm³/mol. The van der Waals surface area contributed by atoms with E-state index in [1.54, 1.807) is 20.3 Å². The summed E-state index contributed by atoms with van der Waals surface area (Å²) in [6, 6.07) is 2.91. The molecule has 16 heavy (non-hydrogen) atoms. The minimum absolute atomic E-state index is 0.0911. The van der Waals surface area contributed by atoms with Crippen molar-refractivity contribution in [1.82, 2.24) is 0 Å². The number of carbonyl (C=O) groups is 1. The van der Waals surface area contributed by atoms with Crippen LogP contribution in [0.1, 0.15) is 24.1 Å². The van der Waals surface area contributed by atoms with Gasteiger partial charge in [-0.3, -0.25) is 4.79 Å². The summed E-state index contributed by atoms with van der Waals surface area (Å²) in [6.45, 7) is 3.34. The third kappa shape index (κ3) is 2.33. The van der Waals surface area contributed by atoms with Gasteiger partial charge in [-0.15, -0.1) is 0 Å². The molecule has 0 aliphatic carbocycles. The predicted octanol–water partition coefficient (Wildman–Crippen LogP) is 1.60. The van der Waals surface area contributed by atoms with Crippen LogP contribution in [0.4, 0.5) is 0 Å². The molecule has 0 heterocycles. The Kier molecular flexibility index (Phi) is 3.90. The average molecular weight is 223 g/mol. The number of benzene rings is 1. The van der Waals surface area contributed by atoms with Crippen LogP contribution < -0.4 is 15.2 Å². The van der Waals surface area contributed by atoms with Crippen molar-refractivity contribution in [2.24, 2.45) is 5.73 Å². The SMILES string of the molecule is COc1cc(C)c(C(N)C(C)=O)c(OC)c1. The lowest BCUT2D eigenvalue weighted by molar-refractivity contribution is -0.118. The number of hydrogen-bond acceptors (Lipinski definition) is 4. The molecule has 0 saturated carbocycles. The molecule has 0 saturated heterocycles. The maximum Gasteiger partial charge on any atom is 0.151 e.